The maximum absolute atomic E-state index is 10.9. The van der Waals surface area contributed by atoms with E-state index < -0.39 is 4.92 Å². The van der Waals surface area contributed by atoms with Gasteiger partial charge in [0.05, 0.1) is 11.5 Å². The molecule has 94 valence electrons. The van der Waals surface area contributed by atoms with Gasteiger partial charge in [0.25, 0.3) is 0 Å². The number of hydrogen-bond acceptors (Lipinski definition) is 3. The molecule has 0 spiro atoms. The van der Waals surface area contributed by atoms with Gasteiger partial charge in [0.1, 0.15) is 11.4 Å². The van der Waals surface area contributed by atoms with E-state index in [1.54, 1.807) is 24.6 Å². The number of aryl methyl sites for hydroxylation is 1. The number of rotatable bonds is 3. The van der Waals surface area contributed by atoms with E-state index in [1.807, 2.05) is 18.2 Å². The van der Waals surface area contributed by atoms with E-state index in [1.165, 1.54) is 0 Å². The average molecular weight is 266 g/mol. The van der Waals surface area contributed by atoms with Crippen LogP contribution in [0.1, 0.15) is 17.0 Å². The van der Waals surface area contributed by atoms with Crippen molar-refractivity contribution in [3.05, 3.63) is 56.4 Å². The van der Waals surface area contributed by atoms with E-state index in [4.69, 9.17) is 11.6 Å². The van der Waals surface area contributed by atoms with Gasteiger partial charge in [0.15, 0.2) is 0 Å². The van der Waals surface area contributed by atoms with Crippen molar-refractivity contribution in [3.8, 4) is 0 Å². The molecule has 0 atom stereocenters. The molecule has 1 heterocycles. The topological polar surface area (TPSA) is 61.0 Å². The first kappa shape index (κ1) is 12.6. The molecule has 0 saturated carbocycles. The highest BCUT2D eigenvalue weighted by Gasteiger charge is 2.21. The van der Waals surface area contributed by atoms with E-state index in [-0.39, 0.29) is 5.69 Å². The van der Waals surface area contributed by atoms with Crippen LogP contribution >= 0.6 is 11.6 Å². The summed E-state index contributed by atoms with van der Waals surface area (Å²) in [6.07, 6.45) is 0. The largest absolute Gasteiger partial charge is 0.312 e. The minimum absolute atomic E-state index is 0.0713. The summed E-state index contributed by atoms with van der Waals surface area (Å²) in [5.74, 6) is 0. The molecule has 0 aliphatic carbocycles. The van der Waals surface area contributed by atoms with Crippen LogP contribution in [0.2, 0.25) is 5.02 Å². The zero-order valence-corrected chi connectivity index (χ0v) is 10.8. The Balaban J connectivity index is 2.39. The lowest BCUT2D eigenvalue weighted by Gasteiger charge is -2.05. The molecule has 1 aromatic heterocycles. The number of nitro groups is 1. The normalized spacial score (nSPS) is 10.6. The first-order valence-electron chi connectivity index (χ1n) is 5.42. The maximum Gasteiger partial charge on any atom is 0.312 e. The van der Waals surface area contributed by atoms with Crippen LogP contribution in [0.4, 0.5) is 5.69 Å². The number of aromatic nitrogens is 2. The first-order valence-corrected chi connectivity index (χ1v) is 5.80. The number of hydrogen-bond donors (Lipinski definition) is 0. The molecule has 0 saturated heterocycles. The van der Waals surface area contributed by atoms with E-state index in [0.29, 0.717) is 23.0 Å². The Morgan fingerprint density at radius 2 is 2.06 bits per heavy atom. The van der Waals surface area contributed by atoms with Gasteiger partial charge in [-0.1, -0.05) is 29.8 Å². The predicted molar refractivity (Wildman–Crippen MR) is 68.9 cm³/mol. The number of halogens is 1. The summed E-state index contributed by atoms with van der Waals surface area (Å²) >= 11 is 6.06. The Bertz CT molecular complexity index is 607. The predicted octanol–water partition coefficient (Wildman–Crippen LogP) is 3.11. The summed E-state index contributed by atoms with van der Waals surface area (Å²) in [5, 5.41) is 15.7. The lowest BCUT2D eigenvalue weighted by Crippen LogP contribution is -2.04. The van der Waals surface area contributed by atoms with Gasteiger partial charge in [0, 0.05) is 5.02 Å². The summed E-state index contributed by atoms with van der Waals surface area (Å²) in [7, 11) is 0. The van der Waals surface area contributed by atoms with Crippen molar-refractivity contribution in [2.45, 2.75) is 20.4 Å². The minimum atomic E-state index is -0.402. The monoisotopic (exact) mass is 265 g/mol. The second-order valence-electron chi connectivity index (χ2n) is 4.03. The average Bonchev–Trinajstić information content (AvgIpc) is 2.57. The molecule has 1 aromatic carbocycles. The van der Waals surface area contributed by atoms with Gasteiger partial charge < -0.3 is 0 Å². The van der Waals surface area contributed by atoms with Gasteiger partial charge in [-0.3, -0.25) is 14.8 Å². The van der Waals surface area contributed by atoms with Crippen LogP contribution in [-0.2, 0) is 6.54 Å². The third-order valence-corrected chi connectivity index (χ3v) is 3.17. The lowest BCUT2D eigenvalue weighted by molar-refractivity contribution is -0.386. The highest BCUT2D eigenvalue weighted by Crippen LogP contribution is 2.24. The van der Waals surface area contributed by atoms with Gasteiger partial charge in [-0.25, -0.2) is 0 Å². The molecule has 0 aliphatic rings. The summed E-state index contributed by atoms with van der Waals surface area (Å²) in [5.41, 5.74) is 1.92. The lowest BCUT2D eigenvalue weighted by atomic mass is 10.2. The molecule has 0 aliphatic heterocycles. The van der Waals surface area contributed by atoms with Crippen molar-refractivity contribution < 1.29 is 4.92 Å². The highest BCUT2D eigenvalue weighted by atomic mass is 35.5. The smallest absolute Gasteiger partial charge is 0.258 e. The maximum atomic E-state index is 10.9. The highest BCUT2D eigenvalue weighted by molar-refractivity contribution is 6.31. The van der Waals surface area contributed by atoms with Crippen LogP contribution in [0.3, 0.4) is 0 Å². The Labute approximate surface area is 109 Å². The Kier molecular flexibility index (Phi) is 3.34. The molecular formula is C12H12ClN3O2. The van der Waals surface area contributed by atoms with Crippen LogP contribution in [0.15, 0.2) is 24.3 Å². The molecule has 2 rings (SSSR count). The van der Waals surface area contributed by atoms with E-state index in [2.05, 4.69) is 5.10 Å². The van der Waals surface area contributed by atoms with Crippen molar-refractivity contribution in [2.75, 3.05) is 0 Å². The third-order valence-electron chi connectivity index (χ3n) is 2.80. The Morgan fingerprint density at radius 3 is 2.61 bits per heavy atom. The van der Waals surface area contributed by atoms with Gasteiger partial charge >= 0.3 is 5.69 Å². The van der Waals surface area contributed by atoms with Gasteiger partial charge in [-0.15, -0.1) is 0 Å². The fraction of sp³-hybridized carbons (Fsp3) is 0.250. The fourth-order valence-electron chi connectivity index (χ4n) is 1.89. The Hall–Kier alpha value is -1.88. The van der Waals surface area contributed by atoms with Crippen LogP contribution in [0.25, 0.3) is 0 Å². The van der Waals surface area contributed by atoms with E-state index in [9.17, 15) is 10.1 Å². The molecular weight excluding hydrogens is 254 g/mol. The quantitative estimate of drug-likeness (QED) is 0.633. The zero-order chi connectivity index (χ0) is 13.3. The van der Waals surface area contributed by atoms with Crippen LogP contribution in [-0.4, -0.2) is 14.7 Å². The molecule has 0 unspecified atom stereocenters. The SMILES string of the molecule is Cc1nn(Cc2ccccc2Cl)c(C)c1[N+](=O)[O-]. The van der Waals surface area contributed by atoms with Gasteiger partial charge in [0.2, 0.25) is 0 Å². The van der Waals surface area contributed by atoms with Crippen molar-refractivity contribution in [1.29, 1.82) is 0 Å². The zero-order valence-electron chi connectivity index (χ0n) is 10.1. The van der Waals surface area contributed by atoms with Crippen LogP contribution < -0.4 is 0 Å². The number of benzene rings is 1. The fourth-order valence-corrected chi connectivity index (χ4v) is 2.09. The molecule has 0 amide bonds. The first-order chi connectivity index (χ1) is 8.50. The Morgan fingerprint density at radius 1 is 1.39 bits per heavy atom. The molecule has 0 radical (unpaired) electrons. The second-order valence-corrected chi connectivity index (χ2v) is 4.43. The summed E-state index contributed by atoms with van der Waals surface area (Å²) in [6.45, 7) is 3.75. The van der Waals surface area contributed by atoms with Gasteiger partial charge in [-0.2, -0.15) is 5.10 Å². The molecule has 2 aromatic rings. The molecule has 0 bridgehead atoms. The summed E-state index contributed by atoms with van der Waals surface area (Å²) in [4.78, 5) is 10.5. The molecule has 0 fully saturated rings. The molecule has 18 heavy (non-hydrogen) atoms. The van der Waals surface area contributed by atoms with Crippen molar-refractivity contribution in [1.82, 2.24) is 9.78 Å². The summed E-state index contributed by atoms with van der Waals surface area (Å²) in [6, 6.07) is 7.39. The van der Waals surface area contributed by atoms with Crippen molar-refractivity contribution >= 4 is 17.3 Å². The number of nitrogens with zero attached hydrogens (tertiary/aromatic N) is 3. The molecule has 6 heteroatoms. The third kappa shape index (κ3) is 2.22. The molecule has 5 nitrogen and oxygen atoms in total. The van der Waals surface area contributed by atoms with Crippen molar-refractivity contribution in [2.24, 2.45) is 0 Å². The van der Waals surface area contributed by atoms with E-state index in [0.717, 1.165) is 5.56 Å². The van der Waals surface area contributed by atoms with Crippen molar-refractivity contribution in [3.63, 3.8) is 0 Å². The summed E-state index contributed by atoms with van der Waals surface area (Å²) < 4.78 is 1.61. The van der Waals surface area contributed by atoms with Gasteiger partial charge in [-0.05, 0) is 25.5 Å². The van der Waals surface area contributed by atoms with Crippen LogP contribution in [0, 0.1) is 24.0 Å². The standard InChI is InChI=1S/C12H12ClN3O2/c1-8-12(16(17)18)9(2)15(14-8)7-10-5-3-4-6-11(10)13/h3-6H,7H2,1-2H3. The minimum Gasteiger partial charge on any atom is -0.258 e. The molecule has 0 N–H and O–H groups in total. The van der Waals surface area contributed by atoms with Crippen LogP contribution in [0.5, 0.6) is 0 Å². The van der Waals surface area contributed by atoms with E-state index >= 15 is 0 Å². The second kappa shape index (κ2) is 4.78.